The van der Waals surface area contributed by atoms with Crippen molar-refractivity contribution in [3.8, 4) is 0 Å². The van der Waals surface area contributed by atoms with Crippen LogP contribution in [0, 0.1) is 0 Å². The third-order valence-electron chi connectivity index (χ3n) is 6.75. The highest BCUT2D eigenvalue weighted by molar-refractivity contribution is 14.0. The number of aliphatic imine (C=N–C) groups is 1. The van der Waals surface area contributed by atoms with Crippen LogP contribution >= 0.6 is 35.3 Å². The van der Waals surface area contributed by atoms with Gasteiger partial charge in [0.1, 0.15) is 0 Å². The average Bonchev–Trinajstić information content (AvgIpc) is 3.27. The van der Waals surface area contributed by atoms with Crippen molar-refractivity contribution < 1.29 is 0 Å². The predicted octanol–water partition coefficient (Wildman–Crippen LogP) is 4.50. The Morgan fingerprint density at radius 2 is 1.84 bits per heavy atom. The average molecular weight is 568 g/mol. The van der Waals surface area contributed by atoms with Gasteiger partial charge in [0, 0.05) is 56.7 Å². The molecule has 5 nitrogen and oxygen atoms in total. The van der Waals surface area contributed by atoms with E-state index < -0.39 is 0 Å². The highest BCUT2D eigenvalue weighted by Crippen LogP contribution is 2.30. The van der Waals surface area contributed by atoms with Crippen LogP contribution in [0.5, 0.6) is 0 Å². The van der Waals surface area contributed by atoms with Crippen LogP contribution in [0.3, 0.4) is 0 Å². The van der Waals surface area contributed by atoms with Crippen molar-refractivity contribution in [3.63, 3.8) is 0 Å². The number of nitrogens with one attached hydrogen (secondary N) is 2. The summed E-state index contributed by atoms with van der Waals surface area (Å²) >= 11 is 1.90. The summed E-state index contributed by atoms with van der Waals surface area (Å²) in [6, 6.07) is 14.7. The van der Waals surface area contributed by atoms with Gasteiger partial charge in [0.15, 0.2) is 5.96 Å². The summed E-state index contributed by atoms with van der Waals surface area (Å²) in [6.45, 7) is 9.89. The smallest absolute Gasteiger partial charge is 0.191 e. The molecule has 0 amide bonds. The first-order chi connectivity index (χ1) is 15.1. The number of thiophene rings is 1. The Labute approximate surface area is 214 Å². The summed E-state index contributed by atoms with van der Waals surface area (Å²) < 4.78 is 0. The first-order valence-corrected chi connectivity index (χ1v) is 12.6. The molecule has 0 aliphatic carbocycles. The zero-order chi connectivity index (χ0) is 21.6. The predicted molar refractivity (Wildman–Crippen MR) is 147 cm³/mol. The molecule has 0 bridgehead atoms. The molecule has 1 fully saturated rings. The Kier molecular flexibility index (Phi) is 9.82. The lowest BCUT2D eigenvalue weighted by Gasteiger charge is -2.37. The molecule has 4 rings (SSSR count). The van der Waals surface area contributed by atoms with Crippen molar-refractivity contribution in [2.75, 3.05) is 33.2 Å². The van der Waals surface area contributed by atoms with Crippen LogP contribution < -0.4 is 10.6 Å². The van der Waals surface area contributed by atoms with Gasteiger partial charge in [-0.1, -0.05) is 30.3 Å². The normalized spacial score (nSPS) is 19.3. The summed E-state index contributed by atoms with van der Waals surface area (Å²) in [5, 5.41) is 9.57. The van der Waals surface area contributed by atoms with E-state index in [1.54, 1.807) is 4.88 Å². The maximum Gasteiger partial charge on any atom is 0.191 e. The van der Waals surface area contributed by atoms with E-state index in [0.717, 1.165) is 45.1 Å². The third kappa shape index (κ3) is 6.46. The fourth-order valence-electron chi connectivity index (χ4n) is 4.81. The first-order valence-electron chi connectivity index (χ1n) is 11.7. The van der Waals surface area contributed by atoms with Gasteiger partial charge in [-0.2, -0.15) is 0 Å². The fraction of sp³-hybridized carbons (Fsp3) is 0.560. The molecule has 1 aromatic carbocycles. The van der Waals surface area contributed by atoms with Crippen LogP contribution in [0.15, 0.2) is 46.8 Å². The van der Waals surface area contributed by atoms with E-state index in [-0.39, 0.29) is 24.0 Å². The van der Waals surface area contributed by atoms with Crippen LogP contribution in [0.4, 0.5) is 0 Å². The molecule has 2 aliphatic heterocycles. The molecule has 0 spiro atoms. The minimum Gasteiger partial charge on any atom is -0.354 e. The molecule has 2 aromatic rings. The van der Waals surface area contributed by atoms with Crippen LogP contribution in [-0.2, 0) is 13.0 Å². The lowest BCUT2D eigenvalue weighted by atomic mass is 10.0. The van der Waals surface area contributed by atoms with Crippen molar-refractivity contribution in [1.29, 1.82) is 0 Å². The van der Waals surface area contributed by atoms with Gasteiger partial charge in [0.2, 0.25) is 0 Å². The van der Waals surface area contributed by atoms with Gasteiger partial charge in [-0.3, -0.25) is 9.89 Å². The molecule has 1 unspecified atom stereocenters. The highest BCUT2D eigenvalue weighted by atomic mass is 127. The molecule has 0 saturated carbocycles. The summed E-state index contributed by atoms with van der Waals surface area (Å²) in [4.78, 5) is 11.3. The SMILES string of the molecule is CN=C(NCC(c1ccccc1)N1CCc2sccc2C1)NC1CCN(C(C)C)CC1.I. The van der Waals surface area contributed by atoms with Gasteiger partial charge in [-0.25, -0.2) is 0 Å². The molecule has 1 saturated heterocycles. The van der Waals surface area contributed by atoms with Crippen molar-refractivity contribution in [1.82, 2.24) is 20.4 Å². The maximum absolute atomic E-state index is 4.54. The molecule has 32 heavy (non-hydrogen) atoms. The number of likely N-dealkylation sites (tertiary alicyclic amines) is 1. The molecular weight excluding hydrogens is 529 g/mol. The lowest BCUT2D eigenvalue weighted by molar-refractivity contribution is 0.166. The summed E-state index contributed by atoms with van der Waals surface area (Å²) in [5.74, 6) is 0.928. The van der Waals surface area contributed by atoms with E-state index in [0.29, 0.717) is 18.1 Å². The highest BCUT2D eigenvalue weighted by Gasteiger charge is 2.26. The monoisotopic (exact) mass is 567 g/mol. The Morgan fingerprint density at radius 3 is 2.53 bits per heavy atom. The van der Waals surface area contributed by atoms with Gasteiger partial charge < -0.3 is 15.5 Å². The Morgan fingerprint density at radius 1 is 1.09 bits per heavy atom. The maximum atomic E-state index is 4.54. The number of nitrogens with zero attached hydrogens (tertiary/aromatic N) is 3. The van der Waals surface area contributed by atoms with E-state index in [9.17, 15) is 0 Å². The van der Waals surface area contributed by atoms with Gasteiger partial charge in [0.05, 0.1) is 6.04 Å². The number of hydrogen-bond acceptors (Lipinski definition) is 4. The summed E-state index contributed by atoms with van der Waals surface area (Å²) in [7, 11) is 1.88. The minimum absolute atomic E-state index is 0. The van der Waals surface area contributed by atoms with Gasteiger partial charge in [-0.05, 0) is 55.7 Å². The first kappa shape index (κ1) is 25.5. The second kappa shape index (κ2) is 12.3. The minimum atomic E-state index is 0. The van der Waals surface area contributed by atoms with Gasteiger partial charge in [0.25, 0.3) is 0 Å². The molecular formula is C25H38IN5S. The number of benzene rings is 1. The Bertz CT molecular complexity index is 845. The van der Waals surface area contributed by atoms with E-state index in [4.69, 9.17) is 0 Å². The fourth-order valence-corrected chi connectivity index (χ4v) is 5.70. The van der Waals surface area contributed by atoms with Crippen molar-refractivity contribution in [3.05, 3.63) is 57.8 Å². The van der Waals surface area contributed by atoms with Crippen LogP contribution in [0.1, 0.15) is 48.7 Å². The second-order valence-electron chi connectivity index (χ2n) is 9.02. The quantitative estimate of drug-likeness (QED) is 0.307. The van der Waals surface area contributed by atoms with Crippen LogP contribution in [0.25, 0.3) is 0 Å². The molecule has 1 atom stereocenters. The second-order valence-corrected chi connectivity index (χ2v) is 10.0. The topological polar surface area (TPSA) is 42.9 Å². The molecule has 176 valence electrons. The van der Waals surface area contributed by atoms with E-state index in [1.165, 1.54) is 24.0 Å². The molecule has 2 N–H and O–H groups in total. The lowest BCUT2D eigenvalue weighted by Crippen LogP contribution is -2.51. The van der Waals surface area contributed by atoms with Gasteiger partial charge in [-0.15, -0.1) is 35.3 Å². The Hall–Kier alpha value is -1.16. The number of hydrogen-bond donors (Lipinski definition) is 2. The zero-order valence-corrected chi connectivity index (χ0v) is 22.7. The van der Waals surface area contributed by atoms with Crippen LogP contribution in [-0.4, -0.2) is 61.1 Å². The summed E-state index contributed by atoms with van der Waals surface area (Å²) in [5.41, 5.74) is 2.87. The molecule has 1 aromatic heterocycles. The Balaban J connectivity index is 0.00000289. The zero-order valence-electron chi connectivity index (χ0n) is 19.6. The molecule has 2 aliphatic rings. The molecule has 3 heterocycles. The largest absolute Gasteiger partial charge is 0.354 e. The number of guanidine groups is 1. The third-order valence-corrected chi connectivity index (χ3v) is 7.77. The number of piperidine rings is 1. The van der Waals surface area contributed by atoms with E-state index >= 15 is 0 Å². The van der Waals surface area contributed by atoms with Crippen molar-refractivity contribution in [2.24, 2.45) is 4.99 Å². The van der Waals surface area contributed by atoms with Crippen LogP contribution in [0.2, 0.25) is 0 Å². The number of rotatable bonds is 6. The molecule has 7 heteroatoms. The van der Waals surface area contributed by atoms with E-state index in [1.807, 2.05) is 18.4 Å². The van der Waals surface area contributed by atoms with Crippen molar-refractivity contribution >= 4 is 41.3 Å². The standard InChI is InChI=1S/C25H37N5S.HI/c1-19(2)29-13-9-22(10-14-29)28-25(26-3)27-17-23(20-7-5-4-6-8-20)30-15-11-24-21(18-30)12-16-31-24;/h4-8,12,16,19,22-23H,9-11,13-15,17-18H2,1-3H3,(H2,26,27,28);1H. The van der Waals surface area contributed by atoms with E-state index in [2.05, 4.69) is 81.1 Å². The molecule has 0 radical (unpaired) electrons. The summed E-state index contributed by atoms with van der Waals surface area (Å²) in [6.07, 6.45) is 3.50. The number of halogens is 1. The van der Waals surface area contributed by atoms with Gasteiger partial charge >= 0.3 is 0 Å². The number of fused-ring (bicyclic) bond motifs is 1. The van der Waals surface area contributed by atoms with Crippen molar-refractivity contribution in [2.45, 2.75) is 57.8 Å².